The fourth-order valence-corrected chi connectivity index (χ4v) is 1.98. The molecule has 1 heterocycles. The van der Waals surface area contributed by atoms with Gasteiger partial charge in [0.1, 0.15) is 0 Å². The lowest BCUT2D eigenvalue weighted by atomic mass is 10.1. The van der Waals surface area contributed by atoms with E-state index in [2.05, 4.69) is 10.3 Å². The predicted molar refractivity (Wildman–Crippen MR) is 74.7 cm³/mol. The summed E-state index contributed by atoms with van der Waals surface area (Å²) in [6.45, 7) is 0. The van der Waals surface area contributed by atoms with Crippen molar-refractivity contribution in [2.24, 2.45) is 0 Å². The SMILES string of the molecule is O=C(Cc1ccc(Cl)cc1Cl)Nc1ncccc1O. The van der Waals surface area contributed by atoms with E-state index in [4.69, 9.17) is 23.2 Å². The molecule has 0 atom stereocenters. The van der Waals surface area contributed by atoms with Crippen molar-refractivity contribution in [2.45, 2.75) is 6.42 Å². The Kier molecular flexibility index (Phi) is 4.24. The van der Waals surface area contributed by atoms with Crippen LogP contribution in [0.15, 0.2) is 36.5 Å². The Balaban J connectivity index is 2.08. The molecule has 2 rings (SSSR count). The van der Waals surface area contributed by atoms with Gasteiger partial charge in [-0.2, -0.15) is 0 Å². The first-order valence-corrected chi connectivity index (χ1v) is 6.19. The van der Waals surface area contributed by atoms with E-state index in [1.54, 1.807) is 24.3 Å². The average Bonchev–Trinajstić information content (AvgIpc) is 2.36. The van der Waals surface area contributed by atoms with Crippen molar-refractivity contribution in [3.05, 3.63) is 52.1 Å². The molecule has 2 N–H and O–H groups in total. The lowest BCUT2D eigenvalue weighted by molar-refractivity contribution is -0.115. The monoisotopic (exact) mass is 296 g/mol. The van der Waals surface area contributed by atoms with Crippen molar-refractivity contribution in [3.63, 3.8) is 0 Å². The number of pyridine rings is 1. The van der Waals surface area contributed by atoms with Gasteiger partial charge in [0.2, 0.25) is 5.91 Å². The Labute approximate surface area is 120 Å². The van der Waals surface area contributed by atoms with Crippen molar-refractivity contribution in [1.29, 1.82) is 0 Å². The number of halogens is 2. The van der Waals surface area contributed by atoms with E-state index in [9.17, 15) is 9.90 Å². The normalized spacial score (nSPS) is 10.2. The zero-order valence-corrected chi connectivity index (χ0v) is 11.2. The molecule has 0 aliphatic heterocycles. The Hall–Kier alpha value is -1.78. The smallest absolute Gasteiger partial charge is 0.230 e. The molecule has 0 bridgehead atoms. The first-order chi connectivity index (χ1) is 9.06. The minimum Gasteiger partial charge on any atom is -0.504 e. The minimum absolute atomic E-state index is 0.0754. The van der Waals surface area contributed by atoms with Gasteiger partial charge < -0.3 is 10.4 Å². The van der Waals surface area contributed by atoms with Crippen LogP contribution in [0.2, 0.25) is 10.0 Å². The molecule has 0 saturated carbocycles. The summed E-state index contributed by atoms with van der Waals surface area (Å²) in [6.07, 6.45) is 1.55. The highest BCUT2D eigenvalue weighted by atomic mass is 35.5. The highest BCUT2D eigenvalue weighted by Crippen LogP contribution is 2.22. The molecular formula is C13H10Cl2N2O2. The number of amides is 1. The van der Waals surface area contributed by atoms with Gasteiger partial charge in [0.05, 0.1) is 6.42 Å². The Morgan fingerprint density at radius 1 is 1.32 bits per heavy atom. The predicted octanol–water partition coefficient (Wildman–Crippen LogP) is 3.28. The van der Waals surface area contributed by atoms with Gasteiger partial charge in [-0.1, -0.05) is 29.3 Å². The van der Waals surface area contributed by atoms with Gasteiger partial charge in [-0.15, -0.1) is 0 Å². The number of aromatic nitrogens is 1. The van der Waals surface area contributed by atoms with E-state index in [-0.39, 0.29) is 23.9 Å². The molecule has 0 aliphatic carbocycles. The molecule has 4 nitrogen and oxygen atoms in total. The Morgan fingerprint density at radius 2 is 2.11 bits per heavy atom. The van der Waals surface area contributed by atoms with Crippen LogP contribution in [0.3, 0.4) is 0 Å². The number of rotatable bonds is 3. The number of anilines is 1. The molecule has 6 heteroatoms. The van der Waals surface area contributed by atoms with Crippen LogP contribution in [0.25, 0.3) is 0 Å². The largest absolute Gasteiger partial charge is 0.504 e. The minimum atomic E-state index is -0.321. The van der Waals surface area contributed by atoms with Gasteiger partial charge in [0.25, 0.3) is 0 Å². The number of aromatic hydroxyl groups is 1. The van der Waals surface area contributed by atoms with E-state index in [1.165, 1.54) is 12.3 Å². The quantitative estimate of drug-likeness (QED) is 0.914. The fourth-order valence-electron chi connectivity index (χ4n) is 1.51. The molecule has 98 valence electrons. The van der Waals surface area contributed by atoms with Crippen LogP contribution in [0.1, 0.15) is 5.56 Å². The number of nitrogens with one attached hydrogen (secondary N) is 1. The van der Waals surface area contributed by atoms with E-state index < -0.39 is 0 Å². The van der Waals surface area contributed by atoms with Crippen molar-refractivity contribution < 1.29 is 9.90 Å². The van der Waals surface area contributed by atoms with E-state index in [0.717, 1.165) is 0 Å². The first kappa shape index (κ1) is 13.6. The third-order valence-corrected chi connectivity index (χ3v) is 3.00. The second-order valence-electron chi connectivity index (χ2n) is 3.83. The summed E-state index contributed by atoms with van der Waals surface area (Å²) in [5, 5.41) is 12.9. The lowest BCUT2D eigenvalue weighted by Gasteiger charge is -2.07. The summed E-state index contributed by atoms with van der Waals surface area (Å²) >= 11 is 11.8. The van der Waals surface area contributed by atoms with Gasteiger partial charge in [-0.25, -0.2) is 4.98 Å². The standard InChI is InChI=1S/C13H10Cl2N2O2/c14-9-4-3-8(10(15)7-9)6-12(19)17-13-11(18)2-1-5-16-13/h1-5,7,18H,6H2,(H,16,17,19). The second-order valence-corrected chi connectivity index (χ2v) is 4.68. The number of carbonyl (C=O) groups is 1. The zero-order valence-electron chi connectivity index (χ0n) is 9.73. The van der Waals surface area contributed by atoms with Crippen molar-refractivity contribution in [3.8, 4) is 5.75 Å². The Bertz CT molecular complexity index is 617. The molecule has 0 radical (unpaired) electrons. The highest BCUT2D eigenvalue weighted by molar-refractivity contribution is 6.35. The van der Waals surface area contributed by atoms with Crippen LogP contribution >= 0.6 is 23.2 Å². The van der Waals surface area contributed by atoms with Crippen molar-refractivity contribution in [1.82, 2.24) is 4.98 Å². The van der Waals surface area contributed by atoms with E-state index in [0.29, 0.717) is 15.6 Å². The molecule has 0 unspecified atom stereocenters. The number of benzene rings is 1. The van der Waals surface area contributed by atoms with Gasteiger partial charge in [0, 0.05) is 16.2 Å². The maximum atomic E-state index is 11.8. The fraction of sp³-hybridized carbons (Fsp3) is 0.0769. The molecule has 0 fully saturated rings. The second kappa shape index (κ2) is 5.91. The third-order valence-electron chi connectivity index (χ3n) is 2.41. The molecule has 2 aromatic rings. The van der Waals surface area contributed by atoms with Gasteiger partial charge in [-0.3, -0.25) is 4.79 Å². The molecule has 1 aromatic carbocycles. The molecule has 19 heavy (non-hydrogen) atoms. The summed E-state index contributed by atoms with van der Waals surface area (Å²) in [7, 11) is 0. The average molecular weight is 297 g/mol. The van der Waals surface area contributed by atoms with Crippen LogP contribution in [0.4, 0.5) is 5.82 Å². The summed E-state index contributed by atoms with van der Waals surface area (Å²) < 4.78 is 0. The topological polar surface area (TPSA) is 62.2 Å². The van der Waals surface area contributed by atoms with Crippen LogP contribution in [0.5, 0.6) is 5.75 Å². The summed E-state index contributed by atoms with van der Waals surface area (Å²) in [4.78, 5) is 15.7. The van der Waals surface area contributed by atoms with Crippen molar-refractivity contribution in [2.75, 3.05) is 5.32 Å². The van der Waals surface area contributed by atoms with E-state index >= 15 is 0 Å². The van der Waals surface area contributed by atoms with Gasteiger partial charge in [0.15, 0.2) is 11.6 Å². The van der Waals surface area contributed by atoms with Crippen LogP contribution in [-0.4, -0.2) is 16.0 Å². The lowest BCUT2D eigenvalue weighted by Crippen LogP contribution is -2.15. The van der Waals surface area contributed by atoms with Gasteiger partial charge in [-0.05, 0) is 29.8 Å². The molecule has 1 aromatic heterocycles. The Morgan fingerprint density at radius 3 is 2.79 bits per heavy atom. The summed E-state index contributed by atoms with van der Waals surface area (Å²) in [5.74, 6) is -0.283. The maximum absolute atomic E-state index is 11.8. The first-order valence-electron chi connectivity index (χ1n) is 5.44. The van der Waals surface area contributed by atoms with Crippen LogP contribution in [-0.2, 0) is 11.2 Å². The number of carbonyl (C=O) groups excluding carboxylic acids is 1. The summed E-state index contributed by atoms with van der Waals surface area (Å²) in [6, 6.07) is 7.93. The third kappa shape index (κ3) is 3.59. The molecular weight excluding hydrogens is 287 g/mol. The number of hydrogen-bond donors (Lipinski definition) is 2. The van der Waals surface area contributed by atoms with Crippen LogP contribution < -0.4 is 5.32 Å². The molecule has 0 saturated heterocycles. The molecule has 0 aliphatic rings. The molecule has 0 spiro atoms. The van der Waals surface area contributed by atoms with Crippen LogP contribution in [0, 0.1) is 0 Å². The number of nitrogens with zero attached hydrogens (tertiary/aromatic N) is 1. The zero-order chi connectivity index (χ0) is 13.8. The number of hydrogen-bond acceptors (Lipinski definition) is 3. The maximum Gasteiger partial charge on any atom is 0.230 e. The molecule has 1 amide bonds. The summed E-state index contributed by atoms with van der Waals surface area (Å²) in [5.41, 5.74) is 0.652. The van der Waals surface area contributed by atoms with Crippen molar-refractivity contribution >= 4 is 34.9 Å². The highest BCUT2D eigenvalue weighted by Gasteiger charge is 2.10. The van der Waals surface area contributed by atoms with E-state index in [1.807, 2.05) is 0 Å². The van der Waals surface area contributed by atoms with Gasteiger partial charge >= 0.3 is 0 Å².